The van der Waals surface area contributed by atoms with Crippen LogP contribution in [0.4, 0.5) is 18.9 Å². The van der Waals surface area contributed by atoms with E-state index in [0.717, 1.165) is 6.07 Å². The van der Waals surface area contributed by atoms with E-state index in [-0.39, 0.29) is 17.1 Å². The largest absolute Gasteiger partial charge is 0.497 e. The fourth-order valence-corrected chi connectivity index (χ4v) is 2.68. The highest BCUT2D eigenvalue weighted by molar-refractivity contribution is 6.51. The molecular weight excluding hydrogens is 437 g/mol. The summed E-state index contributed by atoms with van der Waals surface area (Å²) in [7, 11) is 1.52. The highest BCUT2D eigenvalue weighted by Gasteiger charge is 2.33. The van der Waals surface area contributed by atoms with Crippen LogP contribution in [0.5, 0.6) is 5.75 Å². The fraction of sp³-hybridized carbons (Fsp3) is 0.100. The van der Waals surface area contributed by atoms with Crippen molar-refractivity contribution >= 4 is 28.8 Å². The van der Waals surface area contributed by atoms with Crippen LogP contribution in [0.25, 0.3) is 11.3 Å². The maximum Gasteiger partial charge on any atom is 0.417 e. The minimum Gasteiger partial charge on any atom is -0.497 e. The van der Waals surface area contributed by atoms with Crippen molar-refractivity contribution in [2.75, 3.05) is 12.5 Å². The maximum atomic E-state index is 12.9. The number of aromatic nitrogens is 1. The van der Waals surface area contributed by atoms with Gasteiger partial charge in [0, 0.05) is 11.6 Å². The van der Waals surface area contributed by atoms with E-state index in [9.17, 15) is 23.2 Å². The van der Waals surface area contributed by atoms with E-state index in [0.29, 0.717) is 17.4 Å². The van der Waals surface area contributed by atoms with Crippen LogP contribution in [0.3, 0.4) is 0 Å². The first kappa shape index (κ1) is 21.9. The summed E-state index contributed by atoms with van der Waals surface area (Å²) in [5.74, 6) is 0.0210. The molecule has 0 unspecified atom stereocenters. The summed E-state index contributed by atoms with van der Waals surface area (Å²) in [6.45, 7) is 0. The van der Waals surface area contributed by atoms with E-state index in [1.165, 1.54) is 19.2 Å². The quantitative estimate of drug-likeness (QED) is 0.316. The molecule has 1 heterocycles. The average Bonchev–Trinajstić information content (AvgIpc) is 3.24. The molecule has 1 aromatic heterocycles. The van der Waals surface area contributed by atoms with Crippen LogP contribution in [-0.4, -0.2) is 23.8 Å². The summed E-state index contributed by atoms with van der Waals surface area (Å²) in [5.41, 5.74) is 0.844. The van der Waals surface area contributed by atoms with Gasteiger partial charge in [0.15, 0.2) is 11.5 Å². The Hall–Kier alpha value is -3.84. The van der Waals surface area contributed by atoms with E-state index >= 15 is 0 Å². The van der Waals surface area contributed by atoms with Gasteiger partial charge in [0.1, 0.15) is 11.8 Å². The molecule has 7 nitrogen and oxygen atoms in total. The number of hydrogen-bond acceptors (Lipinski definition) is 7. The Bertz CT molecular complexity index is 1180. The third-order valence-electron chi connectivity index (χ3n) is 4.01. The van der Waals surface area contributed by atoms with E-state index in [2.05, 4.69) is 15.7 Å². The number of carbonyl (C=O) groups is 1. The number of alkyl halides is 3. The Kier molecular flexibility index (Phi) is 6.27. The molecule has 0 spiro atoms. The van der Waals surface area contributed by atoms with E-state index < -0.39 is 28.3 Å². The molecule has 0 saturated heterocycles. The lowest BCUT2D eigenvalue weighted by atomic mass is 10.1. The van der Waals surface area contributed by atoms with Gasteiger partial charge >= 0.3 is 6.18 Å². The predicted molar refractivity (Wildman–Crippen MR) is 106 cm³/mol. The molecule has 0 radical (unpaired) electrons. The molecule has 3 aromatic rings. The van der Waals surface area contributed by atoms with Crippen molar-refractivity contribution in [3.8, 4) is 23.1 Å². The van der Waals surface area contributed by atoms with Crippen molar-refractivity contribution in [3.63, 3.8) is 0 Å². The smallest absolute Gasteiger partial charge is 0.417 e. The third-order valence-corrected chi connectivity index (χ3v) is 4.34. The summed E-state index contributed by atoms with van der Waals surface area (Å²) < 4.78 is 49.0. The zero-order chi connectivity index (χ0) is 22.6. The number of nitrogens with zero attached hydrogens (tertiary/aromatic N) is 3. The van der Waals surface area contributed by atoms with Gasteiger partial charge in [-0.1, -0.05) is 16.8 Å². The molecule has 11 heteroatoms. The van der Waals surface area contributed by atoms with Crippen LogP contribution < -0.4 is 10.2 Å². The van der Waals surface area contributed by atoms with Gasteiger partial charge in [-0.25, -0.2) is 0 Å². The SMILES string of the molecule is COc1ccc(-c2cc(C(=O)/C(C#N)=N/Nc3ccc(Cl)c(C(F)(F)F)c3)no2)cc1. The Balaban J connectivity index is 1.80. The van der Waals surface area contributed by atoms with Gasteiger partial charge in [0.25, 0.3) is 0 Å². The topological polar surface area (TPSA) is 101 Å². The lowest BCUT2D eigenvalue weighted by Gasteiger charge is -2.10. The summed E-state index contributed by atoms with van der Waals surface area (Å²) >= 11 is 5.56. The standard InChI is InChI=1S/C20H12ClF3N4O3/c1-30-13-5-2-11(3-6-13)18-9-16(28-31-18)19(29)17(10-25)27-26-12-4-7-15(21)14(8-12)20(22,23)24/h2-9,26H,1H3/b27-17+. The summed E-state index contributed by atoms with van der Waals surface area (Å²) in [4.78, 5) is 12.5. The van der Waals surface area contributed by atoms with Crippen molar-refractivity contribution in [3.05, 3.63) is 64.8 Å². The molecule has 0 saturated carbocycles. The molecule has 1 N–H and O–H groups in total. The molecular formula is C20H12ClF3N4O3. The number of ketones is 1. The van der Waals surface area contributed by atoms with Crippen LogP contribution in [-0.2, 0) is 6.18 Å². The number of nitrogens with one attached hydrogen (secondary N) is 1. The number of benzene rings is 2. The highest BCUT2D eigenvalue weighted by Crippen LogP contribution is 2.36. The first-order chi connectivity index (χ1) is 14.7. The molecule has 0 bridgehead atoms. The number of rotatable bonds is 6. The Morgan fingerprint density at radius 2 is 1.94 bits per heavy atom. The number of Topliss-reactive ketones (excluding diaryl/α,β-unsaturated/α-hetero) is 1. The first-order valence-electron chi connectivity index (χ1n) is 8.49. The molecule has 0 fully saturated rings. The van der Waals surface area contributed by atoms with Gasteiger partial charge in [-0.3, -0.25) is 10.2 Å². The van der Waals surface area contributed by atoms with Crippen LogP contribution in [0.2, 0.25) is 5.02 Å². The Morgan fingerprint density at radius 3 is 2.55 bits per heavy atom. The van der Waals surface area contributed by atoms with Crippen molar-refractivity contribution in [1.29, 1.82) is 5.26 Å². The first-order valence-corrected chi connectivity index (χ1v) is 8.87. The number of ether oxygens (including phenoxy) is 1. The zero-order valence-electron chi connectivity index (χ0n) is 15.7. The minimum absolute atomic E-state index is 0.114. The van der Waals surface area contributed by atoms with Crippen LogP contribution >= 0.6 is 11.6 Å². The number of carbonyl (C=O) groups excluding carboxylic acids is 1. The lowest BCUT2D eigenvalue weighted by molar-refractivity contribution is -0.137. The second kappa shape index (κ2) is 8.89. The van der Waals surface area contributed by atoms with Crippen molar-refractivity contribution in [1.82, 2.24) is 5.16 Å². The van der Waals surface area contributed by atoms with Crippen molar-refractivity contribution < 1.29 is 27.2 Å². The van der Waals surface area contributed by atoms with Gasteiger partial charge < -0.3 is 9.26 Å². The second-order valence-electron chi connectivity index (χ2n) is 6.01. The minimum atomic E-state index is -4.68. The molecule has 0 aliphatic heterocycles. The van der Waals surface area contributed by atoms with E-state index in [1.807, 2.05) is 0 Å². The second-order valence-corrected chi connectivity index (χ2v) is 6.42. The van der Waals surface area contributed by atoms with E-state index in [4.69, 9.17) is 20.9 Å². The average molecular weight is 449 g/mol. The molecule has 0 atom stereocenters. The van der Waals surface area contributed by atoms with Gasteiger partial charge in [-0.2, -0.15) is 23.5 Å². The molecule has 0 aliphatic carbocycles. The zero-order valence-corrected chi connectivity index (χ0v) is 16.5. The van der Waals surface area contributed by atoms with Gasteiger partial charge in [-0.05, 0) is 42.5 Å². The van der Waals surface area contributed by atoms with Crippen LogP contribution in [0.1, 0.15) is 16.1 Å². The Labute approximate surface area is 178 Å². The van der Waals surface area contributed by atoms with E-state index in [1.54, 1.807) is 30.3 Å². The maximum absolute atomic E-state index is 12.9. The number of hydrazone groups is 1. The van der Waals surface area contributed by atoms with Gasteiger partial charge in [0.05, 0.1) is 23.4 Å². The summed E-state index contributed by atoms with van der Waals surface area (Å²) in [6, 6.07) is 12.6. The highest BCUT2D eigenvalue weighted by atomic mass is 35.5. The third kappa shape index (κ3) is 5.02. The van der Waals surface area contributed by atoms with Crippen LogP contribution in [0, 0.1) is 11.3 Å². The van der Waals surface area contributed by atoms with Gasteiger partial charge in [-0.15, -0.1) is 0 Å². The molecule has 0 amide bonds. The fourth-order valence-electron chi connectivity index (χ4n) is 2.45. The number of anilines is 1. The molecule has 158 valence electrons. The number of methoxy groups -OCH3 is 1. The number of halogens is 4. The predicted octanol–water partition coefficient (Wildman–Crippen LogP) is 5.20. The van der Waals surface area contributed by atoms with Crippen LogP contribution in [0.15, 0.2) is 58.2 Å². The van der Waals surface area contributed by atoms with Gasteiger partial charge in [0.2, 0.25) is 11.5 Å². The lowest BCUT2D eigenvalue weighted by Crippen LogP contribution is -2.14. The molecule has 0 aliphatic rings. The summed E-state index contributed by atoms with van der Waals surface area (Å²) in [5, 5.41) is 16.0. The Morgan fingerprint density at radius 1 is 1.23 bits per heavy atom. The monoisotopic (exact) mass is 448 g/mol. The summed E-state index contributed by atoms with van der Waals surface area (Å²) in [6.07, 6.45) is -4.68. The molecule has 3 rings (SSSR count). The normalized spacial score (nSPS) is 11.7. The van der Waals surface area contributed by atoms with Crippen molar-refractivity contribution in [2.24, 2.45) is 5.10 Å². The molecule has 31 heavy (non-hydrogen) atoms. The number of nitriles is 1. The number of hydrogen-bond donors (Lipinski definition) is 1. The van der Waals surface area contributed by atoms with Crippen molar-refractivity contribution in [2.45, 2.75) is 6.18 Å². The molecule has 2 aromatic carbocycles.